The Kier molecular flexibility index (Phi) is 6.55. The molecule has 1 aromatic carbocycles. The van der Waals surface area contributed by atoms with Crippen molar-refractivity contribution in [2.24, 2.45) is 0 Å². The molecule has 24 heavy (non-hydrogen) atoms. The summed E-state index contributed by atoms with van der Waals surface area (Å²) in [7, 11) is 0. The van der Waals surface area contributed by atoms with E-state index < -0.39 is 0 Å². The van der Waals surface area contributed by atoms with Gasteiger partial charge in [-0.15, -0.1) is 0 Å². The molecule has 2 aromatic rings. The minimum Gasteiger partial charge on any atom is -0.352 e. The number of benzene rings is 1. The van der Waals surface area contributed by atoms with Crippen LogP contribution in [0.3, 0.4) is 0 Å². The number of nitrogens with zero attached hydrogens (tertiary/aromatic N) is 3. The third-order valence-corrected chi connectivity index (χ3v) is 4.21. The van der Waals surface area contributed by atoms with E-state index in [1.54, 1.807) is 0 Å². The summed E-state index contributed by atoms with van der Waals surface area (Å²) < 4.78 is 1.89. The SMILES string of the molecule is CCN(CC)CCCNC(=O)c1ccc(-n2nc(C)cc2C)cc1. The quantitative estimate of drug-likeness (QED) is 0.758. The van der Waals surface area contributed by atoms with E-state index in [-0.39, 0.29) is 5.91 Å². The van der Waals surface area contributed by atoms with Gasteiger partial charge >= 0.3 is 0 Å². The summed E-state index contributed by atoms with van der Waals surface area (Å²) in [6.45, 7) is 12.1. The molecule has 1 amide bonds. The summed E-state index contributed by atoms with van der Waals surface area (Å²) >= 11 is 0. The molecule has 0 unspecified atom stereocenters. The van der Waals surface area contributed by atoms with E-state index in [2.05, 4.69) is 29.2 Å². The number of hydrogen-bond donors (Lipinski definition) is 1. The van der Waals surface area contributed by atoms with Crippen molar-refractivity contribution >= 4 is 5.91 Å². The van der Waals surface area contributed by atoms with Gasteiger partial charge in [-0.2, -0.15) is 5.10 Å². The fourth-order valence-corrected chi connectivity index (χ4v) is 2.79. The third kappa shape index (κ3) is 4.68. The van der Waals surface area contributed by atoms with E-state index in [1.165, 1.54) is 0 Å². The monoisotopic (exact) mass is 328 g/mol. The smallest absolute Gasteiger partial charge is 0.251 e. The van der Waals surface area contributed by atoms with Crippen LogP contribution in [-0.2, 0) is 0 Å². The van der Waals surface area contributed by atoms with Crippen molar-refractivity contribution in [3.63, 3.8) is 0 Å². The van der Waals surface area contributed by atoms with E-state index in [4.69, 9.17) is 0 Å². The van der Waals surface area contributed by atoms with E-state index >= 15 is 0 Å². The van der Waals surface area contributed by atoms with Gasteiger partial charge in [0.1, 0.15) is 0 Å². The number of aromatic nitrogens is 2. The molecule has 0 aliphatic rings. The van der Waals surface area contributed by atoms with Crippen LogP contribution in [0.2, 0.25) is 0 Å². The molecule has 0 atom stereocenters. The highest BCUT2D eigenvalue weighted by molar-refractivity contribution is 5.94. The Balaban J connectivity index is 1.88. The summed E-state index contributed by atoms with van der Waals surface area (Å²) in [6, 6.07) is 9.61. The Labute approximate surface area is 144 Å². The van der Waals surface area contributed by atoms with Gasteiger partial charge in [-0.3, -0.25) is 4.79 Å². The number of hydrogen-bond acceptors (Lipinski definition) is 3. The molecule has 0 aliphatic heterocycles. The van der Waals surface area contributed by atoms with E-state index in [9.17, 15) is 4.79 Å². The summed E-state index contributed by atoms with van der Waals surface area (Å²) in [5.41, 5.74) is 3.73. The van der Waals surface area contributed by atoms with Gasteiger partial charge in [0, 0.05) is 17.8 Å². The zero-order valence-electron chi connectivity index (χ0n) is 15.2. The van der Waals surface area contributed by atoms with Crippen molar-refractivity contribution in [1.82, 2.24) is 20.0 Å². The molecule has 0 spiro atoms. The largest absolute Gasteiger partial charge is 0.352 e. The lowest BCUT2D eigenvalue weighted by molar-refractivity contribution is 0.0952. The second kappa shape index (κ2) is 8.64. The second-order valence-electron chi connectivity index (χ2n) is 6.02. The first kappa shape index (κ1) is 18.2. The first-order valence-corrected chi connectivity index (χ1v) is 8.69. The summed E-state index contributed by atoms with van der Waals surface area (Å²) in [6.07, 6.45) is 0.970. The number of carbonyl (C=O) groups is 1. The van der Waals surface area contributed by atoms with Crippen LogP contribution in [0.15, 0.2) is 30.3 Å². The topological polar surface area (TPSA) is 50.2 Å². The van der Waals surface area contributed by atoms with Gasteiger partial charge in [0.25, 0.3) is 5.91 Å². The predicted molar refractivity (Wildman–Crippen MR) is 97.8 cm³/mol. The first-order valence-electron chi connectivity index (χ1n) is 8.69. The minimum absolute atomic E-state index is 0.0190. The van der Waals surface area contributed by atoms with Crippen LogP contribution in [0.4, 0.5) is 0 Å². The van der Waals surface area contributed by atoms with Crippen LogP contribution in [0.25, 0.3) is 5.69 Å². The summed E-state index contributed by atoms with van der Waals surface area (Å²) in [4.78, 5) is 14.6. The van der Waals surface area contributed by atoms with E-state index in [0.29, 0.717) is 12.1 Å². The molecule has 1 heterocycles. The molecule has 1 N–H and O–H groups in total. The average molecular weight is 328 g/mol. The molecule has 0 saturated carbocycles. The molecule has 130 valence electrons. The minimum atomic E-state index is -0.0190. The maximum atomic E-state index is 12.2. The van der Waals surface area contributed by atoms with Crippen molar-refractivity contribution < 1.29 is 4.79 Å². The van der Waals surface area contributed by atoms with Crippen LogP contribution >= 0.6 is 0 Å². The van der Waals surface area contributed by atoms with Crippen molar-refractivity contribution in [1.29, 1.82) is 0 Å². The first-order chi connectivity index (χ1) is 11.5. The van der Waals surface area contributed by atoms with Gasteiger partial charge in [-0.1, -0.05) is 13.8 Å². The van der Waals surface area contributed by atoms with Crippen LogP contribution in [0.5, 0.6) is 0 Å². The zero-order valence-corrected chi connectivity index (χ0v) is 15.2. The zero-order chi connectivity index (χ0) is 17.5. The molecule has 0 saturated heterocycles. The van der Waals surface area contributed by atoms with Crippen LogP contribution in [0, 0.1) is 13.8 Å². The summed E-state index contributed by atoms with van der Waals surface area (Å²) in [5.74, 6) is -0.0190. The van der Waals surface area contributed by atoms with Gasteiger partial charge in [-0.25, -0.2) is 4.68 Å². The van der Waals surface area contributed by atoms with Crippen molar-refractivity contribution in [3.8, 4) is 5.69 Å². The number of nitrogens with one attached hydrogen (secondary N) is 1. The molecular weight excluding hydrogens is 300 g/mol. The highest BCUT2D eigenvalue weighted by atomic mass is 16.1. The number of carbonyl (C=O) groups excluding carboxylic acids is 1. The standard InChI is InChI=1S/C19H28N4O/c1-5-22(6-2)13-7-12-20-19(24)17-8-10-18(11-9-17)23-16(4)14-15(3)21-23/h8-11,14H,5-7,12-13H2,1-4H3,(H,20,24). The molecule has 0 bridgehead atoms. The van der Waals surface area contributed by atoms with Gasteiger partial charge in [0.2, 0.25) is 0 Å². The maximum Gasteiger partial charge on any atom is 0.251 e. The Morgan fingerprint density at radius 1 is 1.17 bits per heavy atom. The predicted octanol–water partition coefficient (Wildman–Crippen LogP) is 2.95. The van der Waals surface area contributed by atoms with Crippen LogP contribution < -0.4 is 5.32 Å². The Morgan fingerprint density at radius 2 is 1.83 bits per heavy atom. The molecule has 0 aliphatic carbocycles. The fourth-order valence-electron chi connectivity index (χ4n) is 2.79. The van der Waals surface area contributed by atoms with Gasteiger partial charge in [0.15, 0.2) is 0 Å². The average Bonchev–Trinajstić information content (AvgIpc) is 2.93. The lowest BCUT2D eigenvalue weighted by Crippen LogP contribution is -2.29. The van der Waals surface area contributed by atoms with Crippen LogP contribution in [-0.4, -0.2) is 46.8 Å². The number of rotatable bonds is 8. The number of aryl methyl sites for hydroxylation is 2. The van der Waals surface area contributed by atoms with Crippen molar-refractivity contribution in [2.45, 2.75) is 34.1 Å². The van der Waals surface area contributed by atoms with Crippen LogP contribution in [0.1, 0.15) is 42.0 Å². The molecule has 1 aromatic heterocycles. The normalized spacial score (nSPS) is 11.0. The Bertz CT molecular complexity index is 657. The molecule has 0 radical (unpaired) electrons. The Morgan fingerprint density at radius 3 is 2.38 bits per heavy atom. The third-order valence-electron chi connectivity index (χ3n) is 4.21. The van der Waals surface area contributed by atoms with Crippen molar-refractivity contribution in [2.75, 3.05) is 26.2 Å². The highest BCUT2D eigenvalue weighted by Gasteiger charge is 2.08. The molecule has 5 heteroatoms. The maximum absolute atomic E-state index is 12.2. The van der Waals surface area contributed by atoms with E-state index in [0.717, 1.165) is 43.1 Å². The van der Waals surface area contributed by atoms with E-state index in [1.807, 2.05) is 48.9 Å². The second-order valence-corrected chi connectivity index (χ2v) is 6.02. The molecule has 0 fully saturated rings. The lowest BCUT2D eigenvalue weighted by atomic mass is 10.2. The Hall–Kier alpha value is -2.14. The van der Waals surface area contributed by atoms with Crippen molar-refractivity contribution in [3.05, 3.63) is 47.3 Å². The lowest BCUT2D eigenvalue weighted by Gasteiger charge is -2.17. The molecular formula is C19H28N4O. The number of amides is 1. The fraction of sp³-hybridized carbons (Fsp3) is 0.474. The highest BCUT2D eigenvalue weighted by Crippen LogP contribution is 2.13. The van der Waals surface area contributed by atoms with Gasteiger partial charge < -0.3 is 10.2 Å². The van der Waals surface area contributed by atoms with Gasteiger partial charge in [-0.05, 0) is 70.2 Å². The molecule has 5 nitrogen and oxygen atoms in total. The van der Waals surface area contributed by atoms with Gasteiger partial charge in [0.05, 0.1) is 11.4 Å². The molecule has 2 rings (SSSR count). The summed E-state index contributed by atoms with van der Waals surface area (Å²) in [5, 5.41) is 7.45.